The minimum Gasteiger partial charge on any atom is -0.545 e. The molecule has 288 valence electrons. The van der Waals surface area contributed by atoms with Gasteiger partial charge in [-0.2, -0.15) is 0 Å². The van der Waals surface area contributed by atoms with Crippen molar-refractivity contribution in [2.24, 2.45) is 0 Å². The molecule has 0 aliphatic heterocycles. The van der Waals surface area contributed by atoms with E-state index in [-0.39, 0.29) is 51.5 Å². The first kappa shape index (κ1) is 42.2. The van der Waals surface area contributed by atoms with Crippen molar-refractivity contribution in [1.82, 2.24) is 9.97 Å². The van der Waals surface area contributed by atoms with Gasteiger partial charge in [0.2, 0.25) is 0 Å². The van der Waals surface area contributed by atoms with Gasteiger partial charge in [0.15, 0.2) is 0 Å². The van der Waals surface area contributed by atoms with Crippen LogP contribution in [0.1, 0.15) is 34.6 Å². The molecule has 0 spiro atoms. The first-order valence-electron chi connectivity index (χ1n) is 18.4. The molecule has 0 fully saturated rings. The fourth-order valence-electron chi connectivity index (χ4n) is 6.53. The van der Waals surface area contributed by atoms with Crippen molar-refractivity contribution in [2.45, 2.75) is 13.8 Å². The number of nitrogens with zero attached hydrogens (tertiary/aromatic N) is 2. The molecule has 2 aromatic heterocycles. The van der Waals surface area contributed by atoms with Crippen LogP contribution in [0.5, 0.6) is 11.5 Å². The number of ether oxygens (including phenoxy) is 2. The molecule has 11 heteroatoms. The van der Waals surface area contributed by atoms with Crippen molar-refractivity contribution in [2.75, 3.05) is 13.2 Å². The molecule has 0 atom stereocenters. The molecular weight excluding hydrogens is 762 g/mol. The van der Waals surface area contributed by atoms with Gasteiger partial charge in [0.25, 0.3) is 0 Å². The molecule has 8 nitrogen and oxygen atoms in total. The number of carbonyl (C=O) groups excluding carboxylic acids is 1. The Morgan fingerprint density at radius 1 is 0.525 bits per heavy atom. The van der Waals surface area contributed by atoms with Crippen molar-refractivity contribution in [3.05, 3.63) is 168 Å². The van der Waals surface area contributed by atoms with E-state index in [0.29, 0.717) is 35.6 Å². The van der Waals surface area contributed by atoms with Crippen LogP contribution in [-0.2, 0) is 0 Å². The zero-order valence-corrected chi connectivity index (χ0v) is 34.4. The molecule has 8 aromatic rings. The number of aromatic nitrogens is 2. The third-order valence-electron chi connectivity index (χ3n) is 9.35. The van der Waals surface area contributed by atoms with E-state index in [4.69, 9.17) is 9.47 Å². The van der Waals surface area contributed by atoms with Gasteiger partial charge in [0, 0.05) is 27.5 Å². The van der Waals surface area contributed by atoms with Crippen molar-refractivity contribution in [1.29, 1.82) is 0 Å². The van der Waals surface area contributed by atoms with E-state index in [2.05, 4.69) is 9.97 Å². The molecule has 0 unspecified atom stereocenters. The Balaban J connectivity index is 0.000000195. The van der Waals surface area contributed by atoms with Crippen LogP contribution in [0.25, 0.3) is 66.6 Å². The van der Waals surface area contributed by atoms with Gasteiger partial charge in [-0.1, -0.05) is 72.8 Å². The predicted molar refractivity (Wildman–Crippen MR) is 219 cm³/mol. The molecule has 59 heavy (non-hydrogen) atoms. The van der Waals surface area contributed by atoms with Crippen molar-refractivity contribution in [3.8, 4) is 56.3 Å². The number of carboxylic acid groups (broad SMARTS) is 2. The number of rotatable bonds is 10. The number of aromatic carboxylic acids is 2. The second kappa shape index (κ2) is 18.9. The monoisotopic (exact) mass is 796 g/mol. The predicted octanol–water partition coefficient (Wildman–Crippen LogP) is 7.28. The van der Waals surface area contributed by atoms with Crippen LogP contribution in [-0.4, -0.2) is 40.2 Å². The average Bonchev–Trinajstić information content (AvgIpc) is 3.24. The Bertz CT molecular complexity index is 2570. The number of hydrogen-bond acceptors (Lipinski definition) is 7. The summed E-state index contributed by atoms with van der Waals surface area (Å²) in [4.78, 5) is 32.2. The normalized spacial score (nSPS) is 10.6. The van der Waals surface area contributed by atoms with E-state index in [9.17, 15) is 28.6 Å². The molecule has 6 aromatic carbocycles. The van der Waals surface area contributed by atoms with Crippen LogP contribution < -0.4 is 44.1 Å². The fourth-order valence-corrected chi connectivity index (χ4v) is 6.53. The Kier molecular flexibility index (Phi) is 13.5. The van der Waals surface area contributed by atoms with Gasteiger partial charge in [-0.05, 0) is 109 Å². The maximum atomic E-state index is 13.5. The van der Waals surface area contributed by atoms with Gasteiger partial charge in [0.1, 0.15) is 23.1 Å². The second-order valence-corrected chi connectivity index (χ2v) is 13.1. The number of halogens is 2. The quantitative estimate of drug-likeness (QED) is 0.144. The topological polar surface area (TPSA) is 122 Å². The summed E-state index contributed by atoms with van der Waals surface area (Å²) in [6.07, 6.45) is 0. The second-order valence-electron chi connectivity index (χ2n) is 13.1. The zero-order chi connectivity index (χ0) is 40.8. The molecule has 2 heterocycles. The van der Waals surface area contributed by atoms with Crippen molar-refractivity contribution < 1.29 is 67.6 Å². The summed E-state index contributed by atoms with van der Waals surface area (Å²) in [6.45, 7) is 5.13. The molecule has 1 N–H and O–H groups in total. The first-order valence-corrected chi connectivity index (χ1v) is 18.4. The van der Waals surface area contributed by atoms with Crippen LogP contribution in [0.4, 0.5) is 8.78 Å². The Morgan fingerprint density at radius 3 is 1.22 bits per heavy atom. The van der Waals surface area contributed by atoms with Gasteiger partial charge >= 0.3 is 35.5 Å². The maximum absolute atomic E-state index is 13.5. The van der Waals surface area contributed by atoms with Gasteiger partial charge in [0.05, 0.1) is 47.2 Å². The van der Waals surface area contributed by atoms with Gasteiger partial charge in [-0.25, -0.2) is 23.5 Å². The molecule has 0 radical (unpaired) electrons. The summed E-state index contributed by atoms with van der Waals surface area (Å²) < 4.78 is 38.0. The van der Waals surface area contributed by atoms with Gasteiger partial charge in [-0.3, -0.25) is 0 Å². The standard InChI is InChI=1S/2C24H18FNO3.Na/c2*1-2-29-19-10-7-16(8-11-19)15-3-5-17(6-4-15)23-14-21(24(27)28)20-13-18(25)9-12-22(20)26-23;/h2*3-14H,2H2,1H3,(H,27,28);/q;;+1/p-1. The van der Waals surface area contributed by atoms with Gasteiger partial charge < -0.3 is 24.5 Å². The van der Waals surface area contributed by atoms with Crippen molar-refractivity contribution in [3.63, 3.8) is 0 Å². The summed E-state index contributed by atoms with van der Waals surface area (Å²) >= 11 is 0. The minimum absolute atomic E-state index is 0. The number of benzene rings is 6. The SMILES string of the molecule is CCOc1ccc(-c2ccc(-c3cc(C(=O)O)c4cc(F)ccc4n3)cc2)cc1.CCOc1ccc(-c2ccc(-c3cc(C(=O)[O-])c4cc(F)ccc4n3)cc2)cc1.[Na+]. The van der Waals surface area contributed by atoms with Crippen LogP contribution in [0, 0.1) is 11.6 Å². The number of pyridine rings is 2. The fraction of sp³-hybridized carbons (Fsp3) is 0.0833. The van der Waals surface area contributed by atoms with E-state index in [1.54, 1.807) is 0 Å². The number of carboxylic acids is 2. The molecule has 0 aliphatic carbocycles. The van der Waals surface area contributed by atoms with Crippen LogP contribution in [0.3, 0.4) is 0 Å². The third kappa shape index (κ3) is 9.81. The molecular formula is C48H35F2N2NaO6. The van der Waals surface area contributed by atoms with Crippen molar-refractivity contribution >= 4 is 33.7 Å². The molecule has 0 aliphatic rings. The molecule has 0 saturated carbocycles. The number of carbonyl (C=O) groups is 2. The third-order valence-corrected chi connectivity index (χ3v) is 9.35. The molecule has 8 rings (SSSR count). The smallest absolute Gasteiger partial charge is 0.545 e. The Morgan fingerprint density at radius 2 is 0.864 bits per heavy atom. The summed E-state index contributed by atoms with van der Waals surface area (Å²) in [5.74, 6) is -1.85. The van der Waals surface area contributed by atoms with Crippen LogP contribution in [0.2, 0.25) is 0 Å². The first-order chi connectivity index (χ1) is 28.1. The largest absolute Gasteiger partial charge is 1.00 e. The summed E-state index contributed by atoms with van der Waals surface area (Å²) in [6, 6.07) is 41.8. The van der Waals surface area contributed by atoms with E-state index >= 15 is 0 Å². The van der Waals surface area contributed by atoms with Crippen LogP contribution in [0.15, 0.2) is 146 Å². The molecule has 0 saturated heterocycles. The summed E-state index contributed by atoms with van der Waals surface area (Å²) in [7, 11) is 0. The summed E-state index contributed by atoms with van der Waals surface area (Å²) in [5.41, 5.74) is 7.47. The minimum atomic E-state index is -1.37. The zero-order valence-electron chi connectivity index (χ0n) is 32.4. The molecule has 0 bridgehead atoms. The Hall–Kier alpha value is -6.46. The van der Waals surface area contributed by atoms with E-state index in [1.165, 1.54) is 42.5 Å². The van der Waals surface area contributed by atoms with E-state index in [1.807, 2.05) is 111 Å². The van der Waals surface area contributed by atoms with Crippen LogP contribution >= 0.6 is 0 Å². The summed E-state index contributed by atoms with van der Waals surface area (Å²) in [5, 5.41) is 21.6. The van der Waals surface area contributed by atoms with E-state index < -0.39 is 23.6 Å². The Labute approximate surface area is 361 Å². The number of hydrogen-bond donors (Lipinski definition) is 1. The number of fused-ring (bicyclic) bond motifs is 2. The maximum Gasteiger partial charge on any atom is 1.00 e. The van der Waals surface area contributed by atoms with E-state index in [0.717, 1.165) is 50.9 Å². The average molecular weight is 797 g/mol. The molecule has 0 amide bonds. The van der Waals surface area contributed by atoms with Gasteiger partial charge in [-0.15, -0.1) is 0 Å².